The van der Waals surface area contributed by atoms with Gasteiger partial charge in [-0.2, -0.15) is 5.10 Å². The van der Waals surface area contributed by atoms with Crippen LogP contribution in [0, 0.1) is 0 Å². The topological polar surface area (TPSA) is 74.0 Å². The zero-order chi connectivity index (χ0) is 14.4. The van der Waals surface area contributed by atoms with Gasteiger partial charge in [0.05, 0.1) is 6.21 Å². The quantitative estimate of drug-likeness (QED) is 0.634. The number of hydrazone groups is 1. The van der Waals surface area contributed by atoms with Crippen molar-refractivity contribution in [3.05, 3.63) is 29.8 Å². The van der Waals surface area contributed by atoms with Crippen LogP contribution >= 0.6 is 0 Å². The van der Waals surface area contributed by atoms with Crippen molar-refractivity contribution in [3.63, 3.8) is 0 Å². The van der Waals surface area contributed by atoms with E-state index in [0.717, 1.165) is 31.7 Å². The molecule has 1 saturated heterocycles. The summed E-state index contributed by atoms with van der Waals surface area (Å²) in [5, 5.41) is 3.74. The van der Waals surface area contributed by atoms with Gasteiger partial charge in [-0.1, -0.05) is 12.1 Å². The summed E-state index contributed by atoms with van der Waals surface area (Å²) in [4.78, 5) is 15.2. The fraction of sp³-hybridized carbons (Fsp3) is 0.429. The van der Waals surface area contributed by atoms with Gasteiger partial charge in [-0.25, -0.2) is 10.2 Å². The number of hydrogen-bond acceptors (Lipinski definition) is 4. The first-order valence-corrected chi connectivity index (χ1v) is 6.77. The average Bonchev–Trinajstić information content (AvgIpc) is 2.64. The molecule has 3 N–H and O–H groups in total. The first-order valence-electron chi connectivity index (χ1n) is 6.77. The minimum atomic E-state index is -0.661. The van der Waals surface area contributed by atoms with E-state index in [1.165, 1.54) is 12.1 Å². The Labute approximate surface area is 119 Å². The van der Waals surface area contributed by atoms with E-state index in [4.69, 9.17) is 5.73 Å². The van der Waals surface area contributed by atoms with Crippen LogP contribution in [-0.4, -0.2) is 50.4 Å². The van der Waals surface area contributed by atoms with Crippen LogP contribution in [0.2, 0.25) is 0 Å². The van der Waals surface area contributed by atoms with Gasteiger partial charge in [0.25, 0.3) is 0 Å². The molecule has 0 saturated carbocycles. The molecular weight excluding hydrogens is 254 g/mol. The van der Waals surface area contributed by atoms with Gasteiger partial charge in [0.1, 0.15) is 0 Å². The molecule has 6 heteroatoms. The molecule has 108 valence electrons. The van der Waals surface area contributed by atoms with Gasteiger partial charge in [0.15, 0.2) is 0 Å². The number of hydrogen-bond donors (Lipinski definition) is 2. The Kier molecular flexibility index (Phi) is 4.95. The van der Waals surface area contributed by atoms with Crippen molar-refractivity contribution in [2.75, 3.05) is 38.1 Å². The molecule has 1 aromatic rings. The number of urea groups is 1. The molecule has 0 bridgehead atoms. The van der Waals surface area contributed by atoms with Gasteiger partial charge in [0.2, 0.25) is 0 Å². The van der Waals surface area contributed by atoms with E-state index in [2.05, 4.69) is 39.5 Å². The van der Waals surface area contributed by atoms with Crippen LogP contribution in [-0.2, 0) is 0 Å². The Bertz CT molecular complexity index is 471. The predicted octanol–water partition coefficient (Wildman–Crippen LogP) is 0.831. The highest BCUT2D eigenvalue weighted by Gasteiger charge is 2.12. The highest BCUT2D eigenvalue weighted by atomic mass is 16.2. The third-order valence-corrected chi connectivity index (χ3v) is 3.37. The number of nitrogens with one attached hydrogen (secondary N) is 1. The number of anilines is 1. The highest BCUT2D eigenvalue weighted by Crippen LogP contribution is 2.16. The van der Waals surface area contributed by atoms with Crippen molar-refractivity contribution in [1.29, 1.82) is 0 Å². The van der Waals surface area contributed by atoms with Gasteiger partial charge in [0, 0.05) is 25.3 Å². The third-order valence-electron chi connectivity index (χ3n) is 3.37. The predicted molar refractivity (Wildman–Crippen MR) is 81.1 cm³/mol. The van der Waals surface area contributed by atoms with Crippen molar-refractivity contribution in [1.82, 2.24) is 10.3 Å². The molecule has 1 fully saturated rings. The third kappa shape index (κ3) is 4.24. The summed E-state index contributed by atoms with van der Waals surface area (Å²) < 4.78 is 0. The fourth-order valence-corrected chi connectivity index (χ4v) is 2.25. The van der Waals surface area contributed by atoms with E-state index in [1.54, 1.807) is 6.21 Å². The summed E-state index contributed by atoms with van der Waals surface area (Å²) in [5.41, 5.74) is 9.26. The molecule has 0 atom stereocenters. The Morgan fingerprint density at radius 3 is 2.70 bits per heavy atom. The number of carbonyl (C=O) groups excluding carboxylic acids is 1. The van der Waals surface area contributed by atoms with Crippen LogP contribution in [0.5, 0.6) is 0 Å². The van der Waals surface area contributed by atoms with Crippen LogP contribution in [0.1, 0.15) is 12.0 Å². The van der Waals surface area contributed by atoms with Crippen LogP contribution < -0.4 is 16.1 Å². The number of benzene rings is 1. The van der Waals surface area contributed by atoms with Gasteiger partial charge in [-0.15, -0.1) is 0 Å². The van der Waals surface area contributed by atoms with Crippen molar-refractivity contribution in [2.45, 2.75) is 6.42 Å². The zero-order valence-electron chi connectivity index (χ0n) is 11.7. The number of nitrogens with two attached hydrogens (primary N) is 1. The number of likely N-dealkylation sites (N-methyl/N-ethyl adjacent to an activating group) is 1. The second kappa shape index (κ2) is 6.91. The molecule has 0 radical (unpaired) electrons. The molecule has 0 unspecified atom stereocenters. The molecule has 1 aliphatic rings. The van der Waals surface area contributed by atoms with Crippen molar-refractivity contribution in [3.8, 4) is 0 Å². The minimum Gasteiger partial charge on any atom is -0.370 e. The largest absolute Gasteiger partial charge is 0.370 e. The Morgan fingerprint density at radius 1 is 1.25 bits per heavy atom. The lowest BCUT2D eigenvalue weighted by Gasteiger charge is -2.22. The SMILES string of the molecule is CN1CCCN(c2ccc(C=NNC(N)=O)cc2)CC1. The number of nitrogens with zero attached hydrogens (tertiary/aromatic N) is 3. The van der Waals surface area contributed by atoms with Crippen LogP contribution in [0.25, 0.3) is 0 Å². The van der Waals surface area contributed by atoms with E-state index in [1.807, 2.05) is 12.1 Å². The summed E-state index contributed by atoms with van der Waals surface area (Å²) in [6, 6.07) is 7.46. The smallest absolute Gasteiger partial charge is 0.332 e. The van der Waals surface area contributed by atoms with E-state index in [-0.39, 0.29) is 0 Å². The molecule has 2 rings (SSSR count). The summed E-state index contributed by atoms with van der Waals surface area (Å²) in [5.74, 6) is 0. The second-order valence-electron chi connectivity index (χ2n) is 4.97. The molecule has 1 heterocycles. The summed E-state index contributed by atoms with van der Waals surface area (Å²) >= 11 is 0. The molecule has 0 spiro atoms. The number of rotatable bonds is 3. The summed E-state index contributed by atoms with van der Waals surface area (Å²) in [6.45, 7) is 4.37. The van der Waals surface area contributed by atoms with E-state index in [0.29, 0.717) is 0 Å². The second-order valence-corrected chi connectivity index (χ2v) is 4.97. The molecule has 2 amide bonds. The number of primary amides is 1. The van der Waals surface area contributed by atoms with Crippen molar-refractivity contribution in [2.24, 2.45) is 10.8 Å². The lowest BCUT2D eigenvalue weighted by Crippen LogP contribution is -2.28. The zero-order valence-corrected chi connectivity index (χ0v) is 11.7. The Morgan fingerprint density at radius 2 is 2.00 bits per heavy atom. The molecule has 1 aromatic carbocycles. The number of amides is 2. The fourth-order valence-electron chi connectivity index (χ4n) is 2.25. The lowest BCUT2D eigenvalue weighted by atomic mass is 10.2. The lowest BCUT2D eigenvalue weighted by molar-refractivity contribution is 0.249. The maximum Gasteiger partial charge on any atom is 0.332 e. The van der Waals surface area contributed by atoms with Gasteiger partial charge in [-0.3, -0.25) is 0 Å². The molecule has 20 heavy (non-hydrogen) atoms. The standard InChI is InChI=1S/C14H21N5O/c1-18-7-2-8-19(10-9-18)13-5-3-12(4-6-13)11-16-17-14(15)20/h3-6,11H,2,7-10H2,1H3,(H3,15,17,20). The van der Waals surface area contributed by atoms with Crippen LogP contribution in [0.4, 0.5) is 10.5 Å². The summed E-state index contributed by atoms with van der Waals surface area (Å²) in [7, 11) is 2.16. The number of carbonyl (C=O) groups is 1. The molecule has 0 aliphatic carbocycles. The minimum absolute atomic E-state index is 0.661. The van der Waals surface area contributed by atoms with E-state index >= 15 is 0 Å². The van der Waals surface area contributed by atoms with Crippen molar-refractivity contribution >= 4 is 17.9 Å². The van der Waals surface area contributed by atoms with E-state index in [9.17, 15) is 4.79 Å². The van der Waals surface area contributed by atoms with E-state index < -0.39 is 6.03 Å². The first kappa shape index (κ1) is 14.3. The molecule has 0 aromatic heterocycles. The van der Waals surface area contributed by atoms with Crippen LogP contribution in [0.15, 0.2) is 29.4 Å². The summed E-state index contributed by atoms with van der Waals surface area (Å²) in [6.07, 6.45) is 2.76. The normalized spacial score (nSPS) is 17.1. The van der Waals surface area contributed by atoms with Gasteiger partial charge < -0.3 is 15.5 Å². The first-order chi connectivity index (χ1) is 9.65. The Hall–Kier alpha value is -2.08. The molecule has 6 nitrogen and oxygen atoms in total. The maximum absolute atomic E-state index is 10.5. The monoisotopic (exact) mass is 275 g/mol. The van der Waals surface area contributed by atoms with Gasteiger partial charge in [-0.05, 0) is 37.7 Å². The maximum atomic E-state index is 10.5. The van der Waals surface area contributed by atoms with Gasteiger partial charge >= 0.3 is 6.03 Å². The van der Waals surface area contributed by atoms with Crippen LogP contribution in [0.3, 0.4) is 0 Å². The van der Waals surface area contributed by atoms with Crippen molar-refractivity contribution < 1.29 is 4.79 Å². The molecule has 1 aliphatic heterocycles. The molecular formula is C14H21N5O. The highest BCUT2D eigenvalue weighted by molar-refractivity contribution is 5.82. The Balaban J connectivity index is 1.97. The average molecular weight is 275 g/mol.